The van der Waals surface area contributed by atoms with Gasteiger partial charge in [-0.1, -0.05) is 182 Å². The summed E-state index contributed by atoms with van der Waals surface area (Å²) >= 11 is 0. The Labute approximate surface area is 316 Å². The zero-order valence-electron chi connectivity index (χ0n) is 32.4. The average molecular weight is 701 g/mol. The lowest BCUT2D eigenvalue weighted by molar-refractivity contribution is 0.590. The highest BCUT2D eigenvalue weighted by molar-refractivity contribution is 7.04. The van der Waals surface area contributed by atoms with E-state index in [1.54, 1.807) is 5.19 Å². The van der Waals surface area contributed by atoms with Gasteiger partial charge in [-0.05, 0) is 127 Å². The molecule has 1 aliphatic rings. The van der Waals surface area contributed by atoms with Crippen LogP contribution in [0.25, 0.3) is 76.8 Å². The van der Waals surface area contributed by atoms with E-state index in [4.69, 9.17) is 0 Å². The smallest absolute Gasteiger partial charge is 0.0623 e. The van der Waals surface area contributed by atoms with E-state index < -0.39 is 8.07 Å². The Morgan fingerprint density at radius 2 is 0.849 bits per heavy atom. The first kappa shape index (κ1) is 33.6. The van der Waals surface area contributed by atoms with Gasteiger partial charge in [0, 0.05) is 0 Å². The molecule has 0 N–H and O–H groups in total. The second-order valence-electron chi connectivity index (χ2n) is 17.8. The van der Waals surface area contributed by atoms with Crippen LogP contribution < -0.4 is 10.4 Å². The van der Waals surface area contributed by atoms with E-state index in [-0.39, 0.29) is 10.8 Å². The highest BCUT2D eigenvalue weighted by Crippen LogP contribution is 2.47. The van der Waals surface area contributed by atoms with Crippen molar-refractivity contribution in [2.24, 2.45) is 0 Å². The first-order valence-electron chi connectivity index (χ1n) is 19.2. The van der Waals surface area contributed by atoms with Crippen LogP contribution >= 0.6 is 0 Å². The molecule has 1 aliphatic heterocycles. The molecule has 0 radical (unpaired) electrons. The molecule has 0 saturated carbocycles. The van der Waals surface area contributed by atoms with Gasteiger partial charge < -0.3 is 0 Å². The number of fused-ring (bicyclic) bond motifs is 6. The van der Waals surface area contributed by atoms with Crippen molar-refractivity contribution in [1.82, 2.24) is 0 Å². The van der Waals surface area contributed by atoms with Crippen molar-refractivity contribution in [2.75, 3.05) is 0 Å². The Morgan fingerprint density at radius 1 is 0.358 bits per heavy atom. The third-order valence-electron chi connectivity index (χ3n) is 12.0. The van der Waals surface area contributed by atoms with E-state index in [9.17, 15) is 0 Å². The van der Waals surface area contributed by atoms with Crippen LogP contribution in [0.5, 0.6) is 0 Å². The number of hydrogen-bond donors (Lipinski definition) is 0. The van der Waals surface area contributed by atoms with Crippen LogP contribution in [-0.2, 0) is 10.8 Å². The van der Waals surface area contributed by atoms with Crippen molar-refractivity contribution >= 4 is 50.8 Å². The summed E-state index contributed by atoms with van der Waals surface area (Å²) in [6.45, 7) is 18.9. The second-order valence-corrected chi connectivity index (χ2v) is 22.2. The summed E-state index contributed by atoms with van der Waals surface area (Å²) in [5.41, 5.74) is 13.4. The maximum atomic E-state index is 2.61. The van der Waals surface area contributed by atoms with Gasteiger partial charge in [-0.25, -0.2) is 0 Å². The van der Waals surface area contributed by atoms with Gasteiger partial charge in [-0.2, -0.15) is 0 Å². The van der Waals surface area contributed by atoms with E-state index in [0.717, 1.165) is 0 Å². The Bertz CT molecular complexity index is 2730. The molecule has 1 heterocycles. The molecule has 8 aromatic rings. The van der Waals surface area contributed by atoms with Crippen LogP contribution in [0.15, 0.2) is 146 Å². The average Bonchev–Trinajstić information content (AvgIpc) is 3.37. The molecule has 1 heteroatoms. The minimum absolute atomic E-state index is 0.0806. The van der Waals surface area contributed by atoms with Gasteiger partial charge in [0.2, 0.25) is 0 Å². The van der Waals surface area contributed by atoms with Gasteiger partial charge >= 0.3 is 0 Å². The summed E-state index contributed by atoms with van der Waals surface area (Å²) in [7, 11) is -1.94. The van der Waals surface area contributed by atoms with Crippen molar-refractivity contribution in [1.29, 1.82) is 0 Å². The summed E-state index contributed by atoms with van der Waals surface area (Å²) in [6, 6.07) is 56.0. The standard InChI is InChI=1S/C52H48Si/c1-51(2,3)39-24-19-34(20-25-39)49-42-28-23-38(37-18-17-33-13-9-10-14-36(33)29-37)30-44(42)50(35-21-26-40(27-22-35)52(4,5)6)46-32-48-43(31-45(46)49)41-15-11-12-16-47(41)53(48,7)8/h9-32H,1-8H3. The summed E-state index contributed by atoms with van der Waals surface area (Å²) in [5.74, 6) is 0. The lowest BCUT2D eigenvalue weighted by atomic mass is 9.81. The van der Waals surface area contributed by atoms with Crippen LogP contribution in [0.2, 0.25) is 13.1 Å². The number of rotatable bonds is 3. The molecule has 8 aromatic carbocycles. The van der Waals surface area contributed by atoms with Gasteiger partial charge in [0.25, 0.3) is 0 Å². The lowest BCUT2D eigenvalue weighted by Crippen LogP contribution is -2.49. The molecule has 0 nitrogen and oxygen atoms in total. The van der Waals surface area contributed by atoms with E-state index in [0.29, 0.717) is 0 Å². The zero-order chi connectivity index (χ0) is 36.9. The fraction of sp³-hybridized carbons (Fsp3) is 0.192. The molecular weight excluding hydrogens is 653 g/mol. The summed E-state index contributed by atoms with van der Waals surface area (Å²) in [6.07, 6.45) is 0. The fourth-order valence-corrected chi connectivity index (χ4v) is 11.9. The van der Waals surface area contributed by atoms with E-state index in [1.165, 1.54) is 93.1 Å². The molecule has 0 saturated heterocycles. The molecule has 0 fully saturated rings. The maximum Gasteiger partial charge on any atom is 0.113 e. The van der Waals surface area contributed by atoms with Crippen LogP contribution in [-0.4, -0.2) is 8.07 Å². The van der Waals surface area contributed by atoms with Crippen molar-refractivity contribution in [3.05, 3.63) is 157 Å². The van der Waals surface area contributed by atoms with Gasteiger partial charge in [0.05, 0.1) is 0 Å². The normalized spacial score (nSPS) is 13.8. The first-order chi connectivity index (χ1) is 25.3. The summed E-state index contributed by atoms with van der Waals surface area (Å²) in [4.78, 5) is 0. The third-order valence-corrected chi connectivity index (χ3v) is 15.5. The van der Waals surface area contributed by atoms with E-state index >= 15 is 0 Å². The molecule has 0 aromatic heterocycles. The van der Waals surface area contributed by atoms with Gasteiger partial charge in [-0.3, -0.25) is 0 Å². The predicted molar refractivity (Wildman–Crippen MR) is 235 cm³/mol. The zero-order valence-corrected chi connectivity index (χ0v) is 33.4. The minimum Gasteiger partial charge on any atom is -0.0623 e. The topological polar surface area (TPSA) is 0 Å². The van der Waals surface area contributed by atoms with E-state index in [2.05, 4.69) is 200 Å². The minimum atomic E-state index is -1.94. The van der Waals surface area contributed by atoms with Crippen molar-refractivity contribution < 1.29 is 0 Å². The number of hydrogen-bond acceptors (Lipinski definition) is 0. The second kappa shape index (κ2) is 11.9. The fourth-order valence-electron chi connectivity index (χ4n) is 8.86. The van der Waals surface area contributed by atoms with Crippen molar-refractivity contribution in [3.8, 4) is 44.5 Å². The molecule has 260 valence electrons. The summed E-state index contributed by atoms with van der Waals surface area (Å²) < 4.78 is 0. The van der Waals surface area contributed by atoms with Gasteiger partial charge in [-0.15, -0.1) is 0 Å². The molecule has 53 heavy (non-hydrogen) atoms. The molecule has 0 spiro atoms. The van der Waals surface area contributed by atoms with Crippen LogP contribution in [0.3, 0.4) is 0 Å². The van der Waals surface area contributed by atoms with Crippen molar-refractivity contribution in [3.63, 3.8) is 0 Å². The lowest BCUT2D eigenvalue weighted by Gasteiger charge is -2.24. The Kier molecular flexibility index (Phi) is 7.53. The highest BCUT2D eigenvalue weighted by atomic mass is 28.3. The highest BCUT2D eigenvalue weighted by Gasteiger charge is 2.38. The maximum absolute atomic E-state index is 2.61. The third kappa shape index (κ3) is 5.48. The largest absolute Gasteiger partial charge is 0.113 e. The molecule has 0 unspecified atom stereocenters. The molecule has 0 atom stereocenters. The molecule has 0 amide bonds. The Balaban J connectivity index is 1.42. The Hall–Kier alpha value is -5.24. The molecule has 0 bridgehead atoms. The van der Waals surface area contributed by atoms with Gasteiger partial charge in [0.1, 0.15) is 8.07 Å². The van der Waals surface area contributed by atoms with Crippen LogP contribution in [0.4, 0.5) is 0 Å². The van der Waals surface area contributed by atoms with Crippen molar-refractivity contribution in [2.45, 2.75) is 65.5 Å². The quantitative estimate of drug-likeness (QED) is 0.127. The van der Waals surface area contributed by atoms with Crippen LogP contribution in [0.1, 0.15) is 52.7 Å². The molecular formula is C52H48Si. The van der Waals surface area contributed by atoms with Crippen LogP contribution in [0, 0.1) is 0 Å². The predicted octanol–water partition coefficient (Wildman–Crippen LogP) is 13.5. The first-order valence-corrected chi connectivity index (χ1v) is 22.2. The monoisotopic (exact) mass is 700 g/mol. The summed E-state index contributed by atoms with van der Waals surface area (Å²) in [5, 5.41) is 10.9. The Morgan fingerprint density at radius 3 is 1.49 bits per heavy atom. The van der Waals surface area contributed by atoms with Gasteiger partial charge in [0.15, 0.2) is 0 Å². The SMILES string of the molecule is CC(C)(C)c1ccc(-c2c3ccc(-c4ccc5ccccc5c4)cc3c(-c3ccc(C(C)(C)C)cc3)c3cc4c(cc23)-c2ccccc2[Si]4(C)C)cc1. The molecule has 0 aliphatic carbocycles. The number of benzene rings is 8. The van der Waals surface area contributed by atoms with E-state index in [1.807, 2.05) is 0 Å². The molecule has 9 rings (SSSR count).